The van der Waals surface area contributed by atoms with Gasteiger partial charge in [-0.25, -0.2) is 0 Å². The molecule has 1 heteroatoms. The summed E-state index contributed by atoms with van der Waals surface area (Å²) in [6.07, 6.45) is 10.4. The molecule has 4 fully saturated rings. The summed E-state index contributed by atoms with van der Waals surface area (Å²) >= 11 is 0. The lowest BCUT2D eigenvalue weighted by Crippen LogP contribution is -2.57. The van der Waals surface area contributed by atoms with E-state index in [9.17, 15) is 0 Å². The smallest absolute Gasteiger partial charge is 0.000831 e. The fraction of sp³-hybridized carbons (Fsp3) is 1.00. The van der Waals surface area contributed by atoms with Gasteiger partial charge >= 0.3 is 0 Å². The molecule has 0 aromatic heterocycles. The molecule has 0 radical (unpaired) electrons. The van der Waals surface area contributed by atoms with Crippen LogP contribution in [0.15, 0.2) is 0 Å². The van der Waals surface area contributed by atoms with Gasteiger partial charge in [0, 0.05) is 6.54 Å². The molecule has 1 nitrogen and oxygen atoms in total. The summed E-state index contributed by atoms with van der Waals surface area (Å²) in [5, 5.41) is 3.73. The van der Waals surface area contributed by atoms with E-state index in [1.165, 1.54) is 58.0 Å². The van der Waals surface area contributed by atoms with E-state index in [2.05, 4.69) is 26.1 Å². The van der Waals surface area contributed by atoms with Gasteiger partial charge in [-0.3, -0.25) is 0 Å². The molecule has 17 heavy (non-hydrogen) atoms. The highest BCUT2D eigenvalue weighted by Crippen LogP contribution is 2.69. The van der Waals surface area contributed by atoms with Crippen LogP contribution >= 0.6 is 0 Å². The minimum absolute atomic E-state index is 0.665. The Labute approximate surface area is 107 Å². The largest absolute Gasteiger partial charge is 0.316 e. The molecule has 4 bridgehead atoms. The number of hydrogen-bond acceptors (Lipinski definition) is 1. The van der Waals surface area contributed by atoms with Crippen molar-refractivity contribution in [2.75, 3.05) is 13.1 Å². The van der Waals surface area contributed by atoms with Gasteiger partial charge in [-0.05, 0) is 73.7 Å². The van der Waals surface area contributed by atoms with E-state index in [1.54, 1.807) is 0 Å². The minimum atomic E-state index is 0.665. The zero-order chi connectivity index (χ0) is 12.1. The summed E-state index contributed by atoms with van der Waals surface area (Å²) in [5.74, 6) is 1.05. The van der Waals surface area contributed by atoms with Crippen molar-refractivity contribution in [2.24, 2.45) is 22.2 Å². The molecule has 0 saturated heterocycles. The molecular weight excluding hydrogens is 206 g/mol. The first-order chi connectivity index (χ1) is 7.97. The van der Waals surface area contributed by atoms with Crippen molar-refractivity contribution in [3.63, 3.8) is 0 Å². The van der Waals surface area contributed by atoms with Crippen LogP contribution in [0.3, 0.4) is 0 Å². The van der Waals surface area contributed by atoms with Crippen LogP contribution in [0, 0.1) is 22.2 Å². The van der Waals surface area contributed by atoms with Gasteiger partial charge < -0.3 is 5.32 Å². The SMILES string of the molecule is CCCNCC12CC3CC(C)(CC(C)(C3)C1)C2. The predicted molar refractivity (Wildman–Crippen MR) is 73.0 cm³/mol. The Bertz CT molecular complexity index is 291. The van der Waals surface area contributed by atoms with Gasteiger partial charge in [-0.2, -0.15) is 0 Å². The molecule has 0 spiro atoms. The average molecular weight is 235 g/mol. The quantitative estimate of drug-likeness (QED) is 0.727. The second-order valence-corrected chi connectivity index (χ2v) is 8.31. The van der Waals surface area contributed by atoms with Crippen molar-refractivity contribution in [3.05, 3.63) is 0 Å². The molecule has 2 unspecified atom stereocenters. The summed E-state index contributed by atoms with van der Waals surface area (Å²) in [6, 6.07) is 0. The van der Waals surface area contributed by atoms with Crippen LogP contribution < -0.4 is 5.32 Å². The Balaban J connectivity index is 1.77. The molecule has 4 saturated carbocycles. The van der Waals surface area contributed by atoms with E-state index in [4.69, 9.17) is 0 Å². The monoisotopic (exact) mass is 235 g/mol. The predicted octanol–water partition coefficient (Wildman–Crippen LogP) is 3.98. The maximum atomic E-state index is 3.73. The highest BCUT2D eigenvalue weighted by atomic mass is 14.9. The number of hydrogen-bond donors (Lipinski definition) is 1. The fourth-order valence-corrected chi connectivity index (χ4v) is 6.41. The molecule has 4 aliphatic carbocycles. The van der Waals surface area contributed by atoms with Crippen molar-refractivity contribution in [1.29, 1.82) is 0 Å². The van der Waals surface area contributed by atoms with Crippen molar-refractivity contribution in [2.45, 2.75) is 65.7 Å². The molecule has 98 valence electrons. The van der Waals surface area contributed by atoms with Gasteiger partial charge in [0.15, 0.2) is 0 Å². The van der Waals surface area contributed by atoms with Crippen molar-refractivity contribution in [3.8, 4) is 0 Å². The highest BCUT2D eigenvalue weighted by molar-refractivity contribution is 5.10. The van der Waals surface area contributed by atoms with Gasteiger partial charge in [0.2, 0.25) is 0 Å². The Morgan fingerprint density at radius 2 is 1.65 bits per heavy atom. The Kier molecular flexibility index (Phi) is 2.63. The molecular formula is C16H29N. The Morgan fingerprint density at radius 1 is 1.00 bits per heavy atom. The number of rotatable bonds is 4. The molecule has 1 N–H and O–H groups in total. The summed E-state index contributed by atoms with van der Waals surface area (Å²) in [7, 11) is 0. The van der Waals surface area contributed by atoms with E-state index < -0.39 is 0 Å². The molecule has 0 aromatic carbocycles. The van der Waals surface area contributed by atoms with Crippen LogP contribution in [0.1, 0.15) is 65.7 Å². The van der Waals surface area contributed by atoms with Gasteiger partial charge in [0.05, 0.1) is 0 Å². The zero-order valence-electron chi connectivity index (χ0n) is 11.9. The number of nitrogens with one attached hydrogen (secondary N) is 1. The molecule has 0 aliphatic heterocycles. The van der Waals surface area contributed by atoms with Gasteiger partial charge in [-0.15, -0.1) is 0 Å². The summed E-state index contributed by atoms with van der Waals surface area (Å²) < 4.78 is 0. The van der Waals surface area contributed by atoms with E-state index >= 15 is 0 Å². The fourth-order valence-electron chi connectivity index (χ4n) is 6.41. The van der Waals surface area contributed by atoms with Crippen molar-refractivity contribution in [1.82, 2.24) is 5.32 Å². The van der Waals surface area contributed by atoms with Crippen LogP contribution in [0.4, 0.5) is 0 Å². The van der Waals surface area contributed by atoms with Gasteiger partial charge in [0.25, 0.3) is 0 Å². The lowest BCUT2D eigenvalue weighted by atomic mass is 9.40. The lowest BCUT2D eigenvalue weighted by Gasteiger charge is -2.65. The summed E-state index contributed by atoms with van der Waals surface area (Å²) in [6.45, 7) is 9.92. The standard InChI is InChI=1S/C16H29N/c1-4-5-17-12-16-8-13-6-14(2,10-16)9-15(3,7-13)11-16/h13,17H,4-12H2,1-3H3. The lowest BCUT2D eigenvalue weighted by molar-refractivity contribution is -0.143. The minimum Gasteiger partial charge on any atom is -0.316 e. The molecule has 4 rings (SSSR count). The van der Waals surface area contributed by atoms with E-state index in [0.717, 1.165) is 5.92 Å². The second-order valence-electron chi connectivity index (χ2n) is 8.31. The zero-order valence-corrected chi connectivity index (χ0v) is 11.9. The molecule has 0 amide bonds. The molecule has 2 atom stereocenters. The van der Waals surface area contributed by atoms with Crippen LogP contribution in [-0.2, 0) is 0 Å². The Morgan fingerprint density at radius 3 is 2.18 bits per heavy atom. The maximum Gasteiger partial charge on any atom is 0.000831 e. The highest BCUT2D eigenvalue weighted by Gasteiger charge is 2.59. The van der Waals surface area contributed by atoms with Crippen LogP contribution in [0.25, 0.3) is 0 Å². The summed E-state index contributed by atoms with van der Waals surface area (Å²) in [4.78, 5) is 0. The normalized spacial score (nSPS) is 52.1. The van der Waals surface area contributed by atoms with Gasteiger partial charge in [0.1, 0.15) is 0 Å². The summed E-state index contributed by atoms with van der Waals surface area (Å²) in [5.41, 5.74) is 2.03. The molecule has 4 aliphatic rings. The third-order valence-electron chi connectivity index (χ3n) is 5.67. The van der Waals surface area contributed by atoms with Crippen LogP contribution in [-0.4, -0.2) is 13.1 Å². The second kappa shape index (κ2) is 3.73. The van der Waals surface area contributed by atoms with Crippen LogP contribution in [0.5, 0.6) is 0 Å². The van der Waals surface area contributed by atoms with Crippen LogP contribution in [0.2, 0.25) is 0 Å². The molecule has 0 aromatic rings. The third-order valence-corrected chi connectivity index (χ3v) is 5.67. The Hall–Kier alpha value is -0.0400. The third kappa shape index (κ3) is 2.05. The van der Waals surface area contributed by atoms with Crippen molar-refractivity contribution < 1.29 is 0 Å². The maximum absolute atomic E-state index is 3.73. The van der Waals surface area contributed by atoms with E-state index in [0.29, 0.717) is 16.2 Å². The average Bonchev–Trinajstić information content (AvgIpc) is 2.11. The first-order valence-electron chi connectivity index (χ1n) is 7.67. The topological polar surface area (TPSA) is 12.0 Å². The first-order valence-corrected chi connectivity index (χ1v) is 7.67. The molecule has 0 heterocycles. The van der Waals surface area contributed by atoms with E-state index in [1.807, 2.05) is 0 Å². The van der Waals surface area contributed by atoms with E-state index in [-0.39, 0.29) is 0 Å². The van der Waals surface area contributed by atoms with Crippen molar-refractivity contribution >= 4 is 0 Å². The first kappa shape index (κ1) is 12.0. The van der Waals surface area contributed by atoms with Gasteiger partial charge in [-0.1, -0.05) is 20.8 Å².